The third-order valence-electron chi connectivity index (χ3n) is 9.99. The van der Waals surface area contributed by atoms with Crippen molar-refractivity contribution in [2.24, 2.45) is 0 Å². The topological polar surface area (TPSA) is 31.6 Å². The Morgan fingerprint density at radius 1 is 0.628 bits per heavy atom. The van der Waals surface area contributed by atoms with E-state index in [1.165, 1.54) is 60.5 Å². The van der Waals surface area contributed by atoms with Crippen molar-refractivity contribution in [3.05, 3.63) is 167 Å². The first-order chi connectivity index (χ1) is 21.0. The highest BCUT2D eigenvalue weighted by Gasteiger charge is 2.50. The molecule has 7 aromatic rings. The van der Waals surface area contributed by atoms with E-state index >= 15 is 0 Å². The molecule has 1 aliphatic rings. The number of hydrogen-bond acceptors (Lipinski definition) is 0. The Balaban J connectivity index is 1.67. The molecule has 2 unspecified atom stereocenters. The molecule has 8 rings (SSSR count). The summed E-state index contributed by atoms with van der Waals surface area (Å²) in [6.45, 7) is 11.1. The lowest BCUT2D eigenvalue weighted by Crippen LogP contribution is -2.41. The smallest absolute Gasteiger partial charge is 0.0468 e. The normalized spacial score (nSPS) is 20.3. The van der Waals surface area contributed by atoms with Gasteiger partial charge in [0.1, 0.15) is 0 Å². The molecule has 0 aliphatic heterocycles. The first-order valence-electron chi connectivity index (χ1n) is 15.1. The van der Waals surface area contributed by atoms with Gasteiger partial charge in [-0.05, 0) is 78.4 Å². The zero-order valence-electron chi connectivity index (χ0n) is 24.8. The van der Waals surface area contributed by atoms with Gasteiger partial charge in [-0.3, -0.25) is 0 Å². The summed E-state index contributed by atoms with van der Waals surface area (Å²) < 4.78 is 0. The Kier molecular flexibility index (Phi) is 5.49. The Labute approximate surface area is 252 Å². The van der Waals surface area contributed by atoms with E-state index in [4.69, 9.17) is 0 Å². The number of fused-ring (bicyclic) bond motifs is 10. The number of rotatable bonds is 4. The van der Waals surface area contributed by atoms with E-state index in [9.17, 15) is 0 Å². The molecule has 2 N–H and O–H groups in total. The number of hydrogen-bond donors (Lipinski definition) is 2. The van der Waals surface area contributed by atoms with Crippen LogP contribution in [0, 0.1) is 0 Å². The molecular formula is C41H34N2. The minimum atomic E-state index is -0.462. The van der Waals surface area contributed by atoms with Crippen LogP contribution >= 0.6 is 0 Å². The molecule has 208 valence electrons. The van der Waals surface area contributed by atoms with Crippen LogP contribution < -0.4 is 0 Å². The standard InChI is InChI=1S/C41H34N2/c1-5-14-26(15-6-2)40(3)30-22-24-35-37(29-19-11-13-21-33(29)43-35)39(30)41(4,27-16-8-7-9-17-27)31-23-25-34-36(38(31)40)28-18-10-12-20-32(28)42-34/h5-25,42-43H,1H2,2-4H3/b15-6-,26-14+. The molecule has 0 spiro atoms. The number of benzene rings is 5. The van der Waals surface area contributed by atoms with Crippen molar-refractivity contribution in [3.63, 3.8) is 0 Å². The van der Waals surface area contributed by atoms with Gasteiger partial charge in [0, 0.05) is 54.4 Å². The fourth-order valence-corrected chi connectivity index (χ4v) is 8.09. The van der Waals surface area contributed by atoms with Crippen molar-refractivity contribution >= 4 is 43.6 Å². The maximum atomic E-state index is 4.16. The van der Waals surface area contributed by atoms with Crippen LogP contribution in [0.1, 0.15) is 48.6 Å². The van der Waals surface area contributed by atoms with E-state index in [2.05, 4.69) is 159 Å². The molecule has 2 atom stereocenters. The molecule has 2 heterocycles. The monoisotopic (exact) mass is 554 g/mol. The second-order valence-corrected chi connectivity index (χ2v) is 12.1. The molecule has 0 radical (unpaired) electrons. The molecule has 0 fully saturated rings. The number of para-hydroxylation sites is 2. The lowest BCUT2D eigenvalue weighted by molar-refractivity contribution is 0.576. The minimum Gasteiger partial charge on any atom is -0.355 e. The summed E-state index contributed by atoms with van der Waals surface area (Å²) in [4.78, 5) is 7.50. The lowest BCUT2D eigenvalue weighted by Gasteiger charge is -2.48. The Morgan fingerprint density at radius 3 is 1.79 bits per heavy atom. The van der Waals surface area contributed by atoms with Crippen LogP contribution in [0.3, 0.4) is 0 Å². The highest BCUT2D eigenvalue weighted by atomic mass is 14.7. The fourth-order valence-electron chi connectivity index (χ4n) is 8.09. The van der Waals surface area contributed by atoms with Gasteiger partial charge in [-0.25, -0.2) is 0 Å². The van der Waals surface area contributed by atoms with Crippen molar-refractivity contribution in [1.82, 2.24) is 9.97 Å². The summed E-state index contributed by atoms with van der Waals surface area (Å²) in [5.74, 6) is 0. The molecular weight excluding hydrogens is 520 g/mol. The van der Waals surface area contributed by atoms with E-state index in [1.807, 2.05) is 6.08 Å². The predicted molar refractivity (Wildman–Crippen MR) is 183 cm³/mol. The predicted octanol–water partition coefficient (Wildman–Crippen LogP) is 10.6. The molecule has 2 nitrogen and oxygen atoms in total. The molecule has 0 saturated carbocycles. The summed E-state index contributed by atoms with van der Waals surface area (Å²) >= 11 is 0. The van der Waals surface area contributed by atoms with Gasteiger partial charge in [0.25, 0.3) is 0 Å². The van der Waals surface area contributed by atoms with E-state index in [0.717, 1.165) is 16.6 Å². The van der Waals surface area contributed by atoms with Crippen LogP contribution in [0.25, 0.3) is 43.6 Å². The Bertz CT molecular complexity index is 2290. The van der Waals surface area contributed by atoms with Gasteiger partial charge < -0.3 is 9.97 Å². The van der Waals surface area contributed by atoms with Crippen LogP contribution in [-0.2, 0) is 10.8 Å². The molecule has 0 bridgehead atoms. The maximum Gasteiger partial charge on any atom is 0.0468 e. The Hall–Kier alpha value is -5.08. The number of aromatic amines is 2. The SMILES string of the molecule is C=C/C=C(\C=C/C)C1(C)c2ccc3[nH]c4ccccc4c3c2C(C)(c2ccccc2)c2ccc3[nH]c4ccccc4c3c21. The second-order valence-electron chi connectivity index (χ2n) is 12.1. The quantitative estimate of drug-likeness (QED) is 0.203. The molecule has 43 heavy (non-hydrogen) atoms. The lowest BCUT2D eigenvalue weighted by atomic mass is 9.53. The van der Waals surface area contributed by atoms with Gasteiger partial charge in [-0.1, -0.05) is 110 Å². The second kappa shape index (κ2) is 9.21. The average molecular weight is 555 g/mol. The van der Waals surface area contributed by atoms with Crippen LogP contribution in [0.15, 0.2) is 140 Å². The average Bonchev–Trinajstić information content (AvgIpc) is 3.62. The first kappa shape index (κ1) is 25.6. The number of nitrogens with one attached hydrogen (secondary N) is 2. The maximum absolute atomic E-state index is 4.16. The largest absolute Gasteiger partial charge is 0.355 e. The fraction of sp³-hybridized carbons (Fsp3) is 0.122. The summed E-state index contributed by atoms with van der Waals surface area (Å²) in [7, 11) is 0. The summed E-state index contributed by atoms with van der Waals surface area (Å²) in [6, 6.07) is 37.9. The van der Waals surface area contributed by atoms with Crippen molar-refractivity contribution in [1.29, 1.82) is 0 Å². The van der Waals surface area contributed by atoms with Gasteiger partial charge in [0.2, 0.25) is 0 Å². The zero-order chi connectivity index (χ0) is 29.3. The van der Waals surface area contributed by atoms with Gasteiger partial charge in [0.15, 0.2) is 0 Å². The van der Waals surface area contributed by atoms with Gasteiger partial charge in [-0.2, -0.15) is 0 Å². The van der Waals surface area contributed by atoms with Crippen LogP contribution in [0.5, 0.6) is 0 Å². The van der Waals surface area contributed by atoms with Crippen molar-refractivity contribution in [2.45, 2.75) is 31.6 Å². The highest BCUT2D eigenvalue weighted by molar-refractivity contribution is 6.13. The first-order valence-corrected chi connectivity index (χ1v) is 15.1. The summed E-state index contributed by atoms with van der Waals surface area (Å²) in [5, 5.41) is 5.11. The number of allylic oxidation sites excluding steroid dienone is 5. The van der Waals surface area contributed by atoms with Crippen LogP contribution in [0.2, 0.25) is 0 Å². The van der Waals surface area contributed by atoms with Crippen molar-refractivity contribution in [2.75, 3.05) is 0 Å². The molecule has 1 aliphatic carbocycles. The Morgan fingerprint density at radius 2 is 1.19 bits per heavy atom. The van der Waals surface area contributed by atoms with Crippen molar-refractivity contribution < 1.29 is 0 Å². The van der Waals surface area contributed by atoms with Crippen LogP contribution in [-0.4, -0.2) is 9.97 Å². The van der Waals surface area contributed by atoms with E-state index < -0.39 is 10.8 Å². The summed E-state index contributed by atoms with van der Waals surface area (Å²) in [6.07, 6.45) is 8.56. The molecule has 2 aromatic heterocycles. The van der Waals surface area contributed by atoms with Gasteiger partial charge in [-0.15, -0.1) is 0 Å². The molecule has 0 saturated heterocycles. The molecule has 2 heteroatoms. The zero-order valence-corrected chi connectivity index (χ0v) is 24.8. The minimum absolute atomic E-state index is 0.419. The third kappa shape index (κ3) is 3.29. The van der Waals surface area contributed by atoms with E-state index in [0.29, 0.717) is 0 Å². The number of aromatic nitrogens is 2. The van der Waals surface area contributed by atoms with Crippen LogP contribution in [0.4, 0.5) is 0 Å². The van der Waals surface area contributed by atoms with E-state index in [1.54, 1.807) is 0 Å². The number of H-pyrrole nitrogens is 2. The highest BCUT2D eigenvalue weighted by Crippen LogP contribution is 2.59. The van der Waals surface area contributed by atoms with Gasteiger partial charge in [0.05, 0.1) is 0 Å². The molecule has 0 amide bonds. The van der Waals surface area contributed by atoms with E-state index in [-0.39, 0.29) is 0 Å². The van der Waals surface area contributed by atoms with Gasteiger partial charge >= 0.3 is 0 Å². The third-order valence-corrected chi connectivity index (χ3v) is 9.99. The van der Waals surface area contributed by atoms with Crippen molar-refractivity contribution in [3.8, 4) is 0 Å². The molecule has 5 aromatic carbocycles. The summed E-state index contributed by atoms with van der Waals surface area (Å²) in [5.41, 5.74) is 11.7.